The zero-order valence-electron chi connectivity index (χ0n) is 10.6. The average Bonchev–Trinajstić information content (AvgIpc) is 3.06. The molecule has 0 saturated heterocycles. The molecule has 3 atom stereocenters. The molecule has 3 unspecified atom stereocenters. The lowest BCUT2D eigenvalue weighted by Crippen LogP contribution is -2.43. The Morgan fingerprint density at radius 3 is 3.16 bits per heavy atom. The van der Waals surface area contributed by atoms with Gasteiger partial charge in [0.1, 0.15) is 0 Å². The summed E-state index contributed by atoms with van der Waals surface area (Å²) in [6.07, 6.45) is 10.5. The number of anilines is 1. The number of nitrogens with zero attached hydrogens (tertiary/aromatic N) is 1. The van der Waals surface area contributed by atoms with Crippen molar-refractivity contribution in [3.8, 4) is 11.3 Å². The van der Waals surface area contributed by atoms with E-state index in [0.717, 1.165) is 28.8 Å². The first-order valence-electron chi connectivity index (χ1n) is 6.82. The molecule has 0 bridgehead atoms. The highest BCUT2D eigenvalue weighted by Crippen LogP contribution is 2.44. The molecular weight excluding hydrogens is 236 g/mol. The Balaban J connectivity index is 1.53. The van der Waals surface area contributed by atoms with Crippen LogP contribution in [0.3, 0.4) is 0 Å². The van der Waals surface area contributed by atoms with Crippen LogP contribution in [0.5, 0.6) is 0 Å². The molecule has 2 aliphatic rings. The summed E-state index contributed by atoms with van der Waals surface area (Å²) in [5.74, 6) is 2.43. The Kier molecular flexibility index (Phi) is 2.44. The monoisotopic (exact) mass is 252 g/mol. The van der Waals surface area contributed by atoms with Crippen molar-refractivity contribution < 1.29 is 4.42 Å². The lowest BCUT2D eigenvalue weighted by Gasteiger charge is -2.41. The summed E-state index contributed by atoms with van der Waals surface area (Å²) in [7, 11) is 0. The molecule has 3 heteroatoms. The summed E-state index contributed by atoms with van der Waals surface area (Å²) in [5.41, 5.74) is 2.23. The summed E-state index contributed by atoms with van der Waals surface area (Å²) in [4.78, 5) is 3.96. The third kappa shape index (κ3) is 1.86. The first-order chi connectivity index (χ1) is 9.40. The zero-order valence-corrected chi connectivity index (χ0v) is 10.6. The highest BCUT2D eigenvalue weighted by Gasteiger charge is 2.40. The Morgan fingerprint density at radius 1 is 1.32 bits per heavy atom. The molecule has 2 aromatic rings. The highest BCUT2D eigenvalue weighted by atomic mass is 16.3. The first-order valence-corrected chi connectivity index (χ1v) is 6.82. The van der Waals surface area contributed by atoms with Crippen LogP contribution in [0.1, 0.15) is 12.8 Å². The number of allylic oxidation sites excluding steroid dienone is 1. The molecule has 3 nitrogen and oxygen atoms in total. The molecule has 1 heterocycles. The van der Waals surface area contributed by atoms with Gasteiger partial charge >= 0.3 is 0 Å². The van der Waals surface area contributed by atoms with Gasteiger partial charge in [-0.3, -0.25) is 0 Å². The summed E-state index contributed by atoms with van der Waals surface area (Å²) >= 11 is 0. The Labute approximate surface area is 112 Å². The Bertz CT molecular complexity index is 603. The van der Waals surface area contributed by atoms with Crippen molar-refractivity contribution in [2.75, 3.05) is 5.32 Å². The predicted octanol–water partition coefficient (Wildman–Crippen LogP) is 3.72. The van der Waals surface area contributed by atoms with E-state index in [0.29, 0.717) is 6.04 Å². The molecule has 0 amide bonds. The fourth-order valence-corrected chi connectivity index (χ4v) is 3.22. The largest absolute Gasteiger partial charge is 0.444 e. The van der Waals surface area contributed by atoms with Gasteiger partial charge in [-0.15, -0.1) is 0 Å². The van der Waals surface area contributed by atoms with E-state index in [2.05, 4.69) is 40.7 Å². The van der Waals surface area contributed by atoms with Crippen molar-refractivity contribution in [3.63, 3.8) is 0 Å². The second-order valence-electron chi connectivity index (χ2n) is 5.43. The van der Waals surface area contributed by atoms with Crippen molar-refractivity contribution in [2.24, 2.45) is 11.8 Å². The van der Waals surface area contributed by atoms with E-state index in [1.54, 1.807) is 6.20 Å². The fraction of sp³-hybridized carbons (Fsp3) is 0.312. The van der Waals surface area contributed by atoms with Crippen LogP contribution in [-0.4, -0.2) is 11.0 Å². The number of nitrogens with one attached hydrogen (secondary N) is 1. The van der Waals surface area contributed by atoms with Gasteiger partial charge < -0.3 is 9.73 Å². The molecular formula is C16H16N2O. The van der Waals surface area contributed by atoms with E-state index in [-0.39, 0.29) is 0 Å². The average molecular weight is 252 g/mol. The third-order valence-corrected chi connectivity index (χ3v) is 4.29. The second kappa shape index (κ2) is 4.26. The van der Waals surface area contributed by atoms with Crippen LogP contribution in [0.4, 0.5) is 5.69 Å². The van der Waals surface area contributed by atoms with Gasteiger partial charge in [0.15, 0.2) is 12.2 Å². The molecule has 0 aliphatic heterocycles. The molecule has 1 aromatic heterocycles. The van der Waals surface area contributed by atoms with Gasteiger partial charge in [0.25, 0.3) is 0 Å². The van der Waals surface area contributed by atoms with E-state index in [1.807, 2.05) is 6.07 Å². The Morgan fingerprint density at radius 2 is 2.32 bits per heavy atom. The highest BCUT2D eigenvalue weighted by molar-refractivity contribution is 5.63. The minimum atomic E-state index is 0.591. The standard InChI is InChI=1S/C16H16N2O/c1-4-12(16-9-17-10-19-16)7-13(5-1)18-15-8-11-3-2-6-14(11)15/h1-2,4-7,9-11,14-15,18H,3,8H2. The molecule has 0 spiro atoms. The van der Waals surface area contributed by atoms with Crippen molar-refractivity contribution in [2.45, 2.75) is 18.9 Å². The SMILES string of the molecule is C1=CC2C(C1)CC2Nc1cccc(-c2cnco2)c1. The lowest BCUT2D eigenvalue weighted by molar-refractivity contribution is 0.218. The number of hydrogen-bond donors (Lipinski definition) is 1. The molecule has 2 aliphatic carbocycles. The smallest absolute Gasteiger partial charge is 0.181 e. The molecule has 19 heavy (non-hydrogen) atoms. The van der Waals surface area contributed by atoms with Gasteiger partial charge in [-0.25, -0.2) is 4.98 Å². The zero-order chi connectivity index (χ0) is 12.7. The molecule has 1 aromatic carbocycles. The van der Waals surface area contributed by atoms with Crippen LogP contribution in [0.25, 0.3) is 11.3 Å². The van der Waals surface area contributed by atoms with Crippen molar-refractivity contribution in [1.29, 1.82) is 0 Å². The summed E-state index contributed by atoms with van der Waals surface area (Å²) in [5, 5.41) is 3.64. The molecule has 4 rings (SSSR count). The van der Waals surface area contributed by atoms with E-state index in [9.17, 15) is 0 Å². The molecule has 1 N–H and O–H groups in total. The summed E-state index contributed by atoms with van der Waals surface area (Å²) < 4.78 is 5.34. The van der Waals surface area contributed by atoms with Gasteiger partial charge in [0, 0.05) is 23.2 Å². The lowest BCUT2D eigenvalue weighted by atomic mass is 9.71. The van der Waals surface area contributed by atoms with Crippen LogP contribution < -0.4 is 5.32 Å². The number of fused-ring (bicyclic) bond motifs is 1. The van der Waals surface area contributed by atoms with Gasteiger partial charge in [-0.1, -0.05) is 24.3 Å². The summed E-state index contributed by atoms with van der Waals surface area (Å²) in [6, 6.07) is 8.94. The minimum Gasteiger partial charge on any atom is -0.444 e. The van der Waals surface area contributed by atoms with E-state index in [1.165, 1.54) is 19.2 Å². The number of rotatable bonds is 3. The molecule has 1 fully saturated rings. The maximum atomic E-state index is 5.34. The quantitative estimate of drug-likeness (QED) is 0.846. The van der Waals surface area contributed by atoms with Crippen molar-refractivity contribution in [1.82, 2.24) is 4.98 Å². The minimum absolute atomic E-state index is 0.591. The van der Waals surface area contributed by atoms with E-state index < -0.39 is 0 Å². The van der Waals surface area contributed by atoms with Crippen LogP contribution in [0.2, 0.25) is 0 Å². The van der Waals surface area contributed by atoms with Gasteiger partial charge in [0.2, 0.25) is 0 Å². The second-order valence-corrected chi connectivity index (χ2v) is 5.43. The number of aromatic nitrogens is 1. The molecule has 0 radical (unpaired) electrons. The molecule has 96 valence electrons. The van der Waals surface area contributed by atoms with Crippen molar-refractivity contribution in [3.05, 3.63) is 49.0 Å². The van der Waals surface area contributed by atoms with Gasteiger partial charge in [-0.2, -0.15) is 0 Å². The molecule has 1 saturated carbocycles. The van der Waals surface area contributed by atoms with Crippen LogP contribution >= 0.6 is 0 Å². The van der Waals surface area contributed by atoms with E-state index in [4.69, 9.17) is 4.42 Å². The van der Waals surface area contributed by atoms with E-state index >= 15 is 0 Å². The maximum absolute atomic E-state index is 5.34. The number of hydrogen-bond acceptors (Lipinski definition) is 3. The third-order valence-electron chi connectivity index (χ3n) is 4.29. The maximum Gasteiger partial charge on any atom is 0.181 e. The van der Waals surface area contributed by atoms with Crippen molar-refractivity contribution >= 4 is 5.69 Å². The van der Waals surface area contributed by atoms with Gasteiger partial charge in [-0.05, 0) is 30.9 Å². The van der Waals surface area contributed by atoms with Gasteiger partial charge in [0.05, 0.1) is 6.20 Å². The van der Waals surface area contributed by atoms with Crippen LogP contribution in [0.15, 0.2) is 53.4 Å². The number of benzene rings is 1. The first kappa shape index (κ1) is 10.9. The summed E-state index contributed by atoms with van der Waals surface area (Å²) in [6.45, 7) is 0. The van der Waals surface area contributed by atoms with Crippen LogP contribution in [0, 0.1) is 11.8 Å². The fourth-order valence-electron chi connectivity index (χ4n) is 3.22. The number of oxazole rings is 1. The Hall–Kier alpha value is -2.03. The topological polar surface area (TPSA) is 38.1 Å². The van der Waals surface area contributed by atoms with Crippen LogP contribution in [-0.2, 0) is 0 Å². The normalized spacial score (nSPS) is 27.9. The predicted molar refractivity (Wildman–Crippen MR) is 74.7 cm³/mol.